The molecule has 126 valence electrons. The number of benzene rings is 1. The van der Waals surface area contributed by atoms with Gasteiger partial charge in [-0.25, -0.2) is 8.42 Å². The summed E-state index contributed by atoms with van der Waals surface area (Å²) in [6.07, 6.45) is 1.77. The summed E-state index contributed by atoms with van der Waals surface area (Å²) in [5.41, 5.74) is 0.382. The highest BCUT2D eigenvalue weighted by atomic mass is 79.9. The maximum Gasteiger partial charge on any atom is 0.255 e. The van der Waals surface area contributed by atoms with E-state index in [4.69, 9.17) is 4.74 Å². The molecule has 2 heterocycles. The second-order valence-electron chi connectivity index (χ2n) is 5.66. The van der Waals surface area contributed by atoms with Gasteiger partial charge in [0.05, 0.1) is 23.7 Å². The van der Waals surface area contributed by atoms with Gasteiger partial charge in [0.2, 0.25) is 10.0 Å². The van der Waals surface area contributed by atoms with Crippen LogP contribution in [0.4, 0.5) is 0 Å². The topological polar surface area (TPSA) is 66.9 Å². The Balaban J connectivity index is 1.91. The first-order chi connectivity index (χ1) is 11.0. The molecule has 6 nitrogen and oxygen atoms in total. The Morgan fingerprint density at radius 1 is 1.09 bits per heavy atom. The molecule has 0 aromatic heterocycles. The molecule has 0 saturated carbocycles. The quantitative estimate of drug-likeness (QED) is 0.771. The van der Waals surface area contributed by atoms with Gasteiger partial charge >= 0.3 is 0 Å². The van der Waals surface area contributed by atoms with Gasteiger partial charge in [0, 0.05) is 30.7 Å². The smallest absolute Gasteiger partial charge is 0.255 e. The summed E-state index contributed by atoms with van der Waals surface area (Å²) in [7, 11) is -3.53. The fourth-order valence-electron chi connectivity index (χ4n) is 2.84. The number of carbonyl (C=O) groups is 1. The predicted molar refractivity (Wildman–Crippen MR) is 88.9 cm³/mol. The zero-order valence-electron chi connectivity index (χ0n) is 12.7. The predicted octanol–water partition coefficient (Wildman–Crippen LogP) is 1.71. The van der Waals surface area contributed by atoms with Crippen molar-refractivity contribution in [2.24, 2.45) is 0 Å². The van der Waals surface area contributed by atoms with Crippen LogP contribution in [0.2, 0.25) is 0 Å². The van der Waals surface area contributed by atoms with Crippen LogP contribution in [0.1, 0.15) is 23.2 Å². The Labute approximate surface area is 144 Å². The number of nitrogens with zero attached hydrogens (tertiary/aromatic N) is 2. The molecule has 0 radical (unpaired) electrons. The van der Waals surface area contributed by atoms with E-state index in [1.54, 1.807) is 17.0 Å². The van der Waals surface area contributed by atoms with E-state index in [1.807, 2.05) is 0 Å². The van der Waals surface area contributed by atoms with Crippen LogP contribution in [-0.4, -0.2) is 62.9 Å². The maximum absolute atomic E-state index is 12.7. The lowest BCUT2D eigenvalue weighted by Crippen LogP contribution is -2.41. The molecule has 23 heavy (non-hydrogen) atoms. The van der Waals surface area contributed by atoms with Crippen LogP contribution in [-0.2, 0) is 14.8 Å². The van der Waals surface area contributed by atoms with Crippen LogP contribution >= 0.6 is 15.9 Å². The molecule has 1 aromatic rings. The number of rotatable bonds is 3. The van der Waals surface area contributed by atoms with E-state index in [9.17, 15) is 13.2 Å². The summed E-state index contributed by atoms with van der Waals surface area (Å²) in [6.45, 7) is 3.16. The number of amides is 1. The number of halogens is 1. The van der Waals surface area contributed by atoms with Crippen LogP contribution in [0.25, 0.3) is 0 Å². The number of sulfonamides is 1. The lowest BCUT2D eigenvalue weighted by atomic mass is 10.2. The summed E-state index contributed by atoms with van der Waals surface area (Å²) in [6, 6.07) is 4.67. The normalized spacial score (nSPS) is 20.0. The monoisotopic (exact) mass is 402 g/mol. The van der Waals surface area contributed by atoms with Crippen molar-refractivity contribution in [2.75, 3.05) is 39.4 Å². The van der Waals surface area contributed by atoms with Crippen molar-refractivity contribution < 1.29 is 17.9 Å². The summed E-state index contributed by atoms with van der Waals surface area (Å²) < 4.78 is 32.7. The Bertz CT molecular complexity index is 695. The molecule has 3 rings (SSSR count). The molecule has 2 aliphatic rings. The number of morpholine rings is 1. The second-order valence-corrected chi connectivity index (χ2v) is 8.45. The van der Waals surface area contributed by atoms with Gasteiger partial charge in [-0.15, -0.1) is 0 Å². The molecular weight excluding hydrogens is 384 g/mol. The van der Waals surface area contributed by atoms with Crippen molar-refractivity contribution in [1.29, 1.82) is 0 Å². The van der Waals surface area contributed by atoms with E-state index in [0.717, 1.165) is 12.8 Å². The first kappa shape index (κ1) is 16.9. The first-order valence-electron chi connectivity index (χ1n) is 7.67. The number of ether oxygens (including phenoxy) is 1. The number of hydrogen-bond acceptors (Lipinski definition) is 4. The van der Waals surface area contributed by atoms with E-state index in [0.29, 0.717) is 49.4 Å². The van der Waals surface area contributed by atoms with Crippen LogP contribution in [0, 0.1) is 0 Å². The van der Waals surface area contributed by atoms with Gasteiger partial charge in [-0.2, -0.15) is 4.31 Å². The highest BCUT2D eigenvalue weighted by Gasteiger charge is 2.29. The number of hydrogen-bond donors (Lipinski definition) is 0. The SMILES string of the molecule is O=C(c1cc(S(=O)(=O)N2CCCC2)ccc1Br)N1CCOCC1. The van der Waals surface area contributed by atoms with Gasteiger partial charge < -0.3 is 9.64 Å². The molecule has 0 aliphatic carbocycles. The third-order valence-corrected chi connectivity index (χ3v) is 6.76. The summed E-state index contributed by atoms with van der Waals surface area (Å²) in [4.78, 5) is 14.5. The molecule has 0 unspecified atom stereocenters. The average molecular weight is 403 g/mol. The lowest BCUT2D eigenvalue weighted by Gasteiger charge is -2.27. The lowest BCUT2D eigenvalue weighted by molar-refractivity contribution is 0.0302. The minimum absolute atomic E-state index is 0.168. The van der Waals surface area contributed by atoms with Crippen molar-refractivity contribution in [1.82, 2.24) is 9.21 Å². The van der Waals surface area contributed by atoms with Crippen molar-refractivity contribution in [3.05, 3.63) is 28.2 Å². The minimum Gasteiger partial charge on any atom is -0.378 e. The fourth-order valence-corrected chi connectivity index (χ4v) is 4.80. The van der Waals surface area contributed by atoms with Gasteiger partial charge in [0.1, 0.15) is 0 Å². The van der Waals surface area contributed by atoms with Gasteiger partial charge in [0.25, 0.3) is 5.91 Å². The van der Waals surface area contributed by atoms with Gasteiger partial charge in [0.15, 0.2) is 0 Å². The molecule has 1 aromatic carbocycles. The standard InChI is InChI=1S/C15H19BrN2O4S/c16-14-4-3-12(23(20,21)18-5-1-2-6-18)11-13(14)15(19)17-7-9-22-10-8-17/h3-4,11H,1-2,5-10H2. The molecule has 0 bridgehead atoms. The highest BCUT2D eigenvalue weighted by molar-refractivity contribution is 9.10. The van der Waals surface area contributed by atoms with Crippen molar-refractivity contribution in [3.63, 3.8) is 0 Å². The van der Waals surface area contributed by atoms with Crippen molar-refractivity contribution in [3.8, 4) is 0 Å². The van der Waals surface area contributed by atoms with E-state index in [1.165, 1.54) is 10.4 Å². The van der Waals surface area contributed by atoms with Crippen LogP contribution in [0.5, 0.6) is 0 Å². The van der Waals surface area contributed by atoms with Crippen LogP contribution in [0.15, 0.2) is 27.6 Å². The first-order valence-corrected chi connectivity index (χ1v) is 9.90. The van der Waals surface area contributed by atoms with Gasteiger partial charge in [-0.1, -0.05) is 0 Å². The Hall–Kier alpha value is -0.960. The minimum atomic E-state index is -3.53. The van der Waals surface area contributed by atoms with Gasteiger partial charge in [-0.3, -0.25) is 4.79 Å². The highest BCUT2D eigenvalue weighted by Crippen LogP contribution is 2.26. The summed E-state index contributed by atoms with van der Waals surface area (Å²) in [5, 5.41) is 0. The van der Waals surface area contributed by atoms with E-state index in [-0.39, 0.29) is 10.8 Å². The maximum atomic E-state index is 12.7. The van der Waals surface area contributed by atoms with Crippen molar-refractivity contribution in [2.45, 2.75) is 17.7 Å². The number of carbonyl (C=O) groups excluding carboxylic acids is 1. The zero-order valence-corrected chi connectivity index (χ0v) is 15.1. The molecule has 2 aliphatic heterocycles. The largest absolute Gasteiger partial charge is 0.378 e. The fraction of sp³-hybridized carbons (Fsp3) is 0.533. The average Bonchev–Trinajstić information content (AvgIpc) is 3.10. The Morgan fingerprint density at radius 3 is 2.39 bits per heavy atom. The van der Waals surface area contributed by atoms with E-state index >= 15 is 0 Å². The van der Waals surface area contributed by atoms with Crippen LogP contribution in [0.3, 0.4) is 0 Å². The molecule has 0 N–H and O–H groups in total. The molecule has 0 atom stereocenters. The Kier molecular flexibility index (Phi) is 5.05. The molecular formula is C15H19BrN2O4S. The Morgan fingerprint density at radius 2 is 1.74 bits per heavy atom. The molecule has 1 amide bonds. The third kappa shape index (κ3) is 3.45. The zero-order chi connectivity index (χ0) is 16.4. The second kappa shape index (κ2) is 6.88. The molecule has 2 fully saturated rings. The van der Waals surface area contributed by atoms with Crippen LogP contribution < -0.4 is 0 Å². The van der Waals surface area contributed by atoms with E-state index in [2.05, 4.69) is 15.9 Å². The summed E-state index contributed by atoms with van der Waals surface area (Å²) in [5.74, 6) is -0.168. The third-order valence-electron chi connectivity index (χ3n) is 4.17. The molecule has 8 heteroatoms. The van der Waals surface area contributed by atoms with E-state index < -0.39 is 10.0 Å². The molecule has 2 saturated heterocycles. The molecule has 0 spiro atoms. The van der Waals surface area contributed by atoms with Crippen molar-refractivity contribution >= 4 is 31.9 Å². The summed E-state index contributed by atoms with van der Waals surface area (Å²) >= 11 is 3.36. The van der Waals surface area contributed by atoms with Gasteiger partial charge in [-0.05, 0) is 47.0 Å².